The third kappa shape index (κ3) is 2.54. The van der Waals surface area contributed by atoms with Crippen LogP contribution in [0.3, 0.4) is 0 Å². The molecule has 0 spiro atoms. The molecule has 0 saturated heterocycles. The van der Waals surface area contributed by atoms with Crippen molar-refractivity contribution in [2.45, 2.75) is 20.3 Å². The minimum atomic E-state index is 0.668. The minimum Gasteiger partial charge on any atom is -0.453 e. The molecule has 0 unspecified atom stereocenters. The Labute approximate surface area is 107 Å². The fourth-order valence-electron chi connectivity index (χ4n) is 1.91. The molecule has 0 radical (unpaired) electrons. The molecule has 1 aromatic heterocycles. The van der Waals surface area contributed by atoms with E-state index in [1.807, 2.05) is 49.8 Å². The van der Waals surface area contributed by atoms with Gasteiger partial charge in [-0.2, -0.15) is 5.10 Å². The van der Waals surface area contributed by atoms with E-state index in [0.29, 0.717) is 6.54 Å². The number of nitrogens with two attached hydrogens (primary N) is 1. The van der Waals surface area contributed by atoms with E-state index >= 15 is 0 Å². The van der Waals surface area contributed by atoms with Gasteiger partial charge in [-0.15, -0.1) is 0 Å². The second kappa shape index (κ2) is 5.23. The van der Waals surface area contributed by atoms with Crippen LogP contribution in [0.15, 0.2) is 24.3 Å². The van der Waals surface area contributed by atoms with Crippen LogP contribution in [0, 0.1) is 13.8 Å². The first-order valence-corrected chi connectivity index (χ1v) is 6.09. The molecule has 1 heterocycles. The predicted octanol–water partition coefficient (Wildman–Crippen LogP) is 2.33. The van der Waals surface area contributed by atoms with E-state index in [9.17, 15) is 0 Å². The van der Waals surface area contributed by atoms with Gasteiger partial charge in [0.05, 0.1) is 5.69 Å². The second-order valence-corrected chi connectivity index (χ2v) is 4.41. The number of hydrogen-bond donors (Lipinski definition) is 1. The van der Waals surface area contributed by atoms with Crippen LogP contribution in [-0.4, -0.2) is 16.3 Å². The molecule has 1 aromatic carbocycles. The van der Waals surface area contributed by atoms with Crippen LogP contribution in [0.1, 0.15) is 17.0 Å². The van der Waals surface area contributed by atoms with Gasteiger partial charge in [0, 0.05) is 7.05 Å². The van der Waals surface area contributed by atoms with Crippen molar-refractivity contribution in [3.63, 3.8) is 0 Å². The molecule has 0 fully saturated rings. The first kappa shape index (κ1) is 12.6. The van der Waals surface area contributed by atoms with Crippen molar-refractivity contribution in [2.24, 2.45) is 12.8 Å². The van der Waals surface area contributed by atoms with Gasteiger partial charge in [-0.3, -0.25) is 4.68 Å². The van der Waals surface area contributed by atoms with Crippen molar-refractivity contribution in [3.8, 4) is 11.5 Å². The van der Waals surface area contributed by atoms with Gasteiger partial charge in [-0.05, 0) is 44.5 Å². The fourth-order valence-corrected chi connectivity index (χ4v) is 1.91. The number of rotatable bonds is 4. The quantitative estimate of drug-likeness (QED) is 0.899. The molecular weight excluding hydrogens is 226 g/mol. The first-order valence-electron chi connectivity index (χ1n) is 6.09. The Morgan fingerprint density at radius 2 is 1.89 bits per heavy atom. The lowest BCUT2D eigenvalue weighted by Gasteiger charge is -2.07. The summed E-state index contributed by atoms with van der Waals surface area (Å²) in [5.41, 5.74) is 8.68. The molecule has 0 aliphatic rings. The van der Waals surface area contributed by atoms with Crippen molar-refractivity contribution < 1.29 is 4.74 Å². The van der Waals surface area contributed by atoms with Crippen molar-refractivity contribution in [1.82, 2.24) is 9.78 Å². The molecule has 0 bridgehead atoms. The van der Waals surface area contributed by atoms with E-state index in [2.05, 4.69) is 5.10 Å². The van der Waals surface area contributed by atoms with Crippen LogP contribution in [0.25, 0.3) is 0 Å². The lowest BCUT2D eigenvalue weighted by atomic mass is 10.1. The molecule has 2 rings (SSSR count). The van der Waals surface area contributed by atoms with Crippen LogP contribution in [0.5, 0.6) is 11.5 Å². The third-order valence-corrected chi connectivity index (χ3v) is 3.02. The van der Waals surface area contributed by atoms with Crippen LogP contribution in [-0.2, 0) is 13.5 Å². The molecule has 4 heteroatoms. The smallest absolute Gasteiger partial charge is 0.171 e. The fraction of sp³-hybridized carbons (Fsp3) is 0.357. The zero-order chi connectivity index (χ0) is 13.1. The lowest BCUT2D eigenvalue weighted by molar-refractivity contribution is 0.474. The molecule has 0 atom stereocenters. The van der Waals surface area contributed by atoms with Gasteiger partial charge in [-0.25, -0.2) is 0 Å². The molecule has 0 amide bonds. The summed E-state index contributed by atoms with van der Waals surface area (Å²) in [6.45, 7) is 4.62. The summed E-state index contributed by atoms with van der Waals surface area (Å²) in [4.78, 5) is 0. The summed E-state index contributed by atoms with van der Waals surface area (Å²) in [7, 11) is 1.92. The van der Waals surface area contributed by atoms with Crippen molar-refractivity contribution in [1.29, 1.82) is 0 Å². The van der Waals surface area contributed by atoms with E-state index in [4.69, 9.17) is 10.5 Å². The molecule has 4 nitrogen and oxygen atoms in total. The van der Waals surface area contributed by atoms with Gasteiger partial charge in [0.1, 0.15) is 11.4 Å². The summed E-state index contributed by atoms with van der Waals surface area (Å²) in [5, 5.41) is 4.33. The van der Waals surface area contributed by atoms with E-state index in [1.165, 1.54) is 5.56 Å². The van der Waals surface area contributed by atoms with Crippen LogP contribution < -0.4 is 10.5 Å². The molecular formula is C14H19N3O. The van der Waals surface area contributed by atoms with Gasteiger partial charge in [0.25, 0.3) is 0 Å². The standard InChI is InChI=1S/C14H19N3O/c1-10-14(11(2)17(3)16-10)18-13-6-4-12(5-7-13)8-9-15/h4-7H,8-9,15H2,1-3H3. The van der Waals surface area contributed by atoms with E-state index < -0.39 is 0 Å². The molecule has 96 valence electrons. The number of nitrogens with zero attached hydrogens (tertiary/aromatic N) is 2. The lowest BCUT2D eigenvalue weighted by Crippen LogP contribution is -2.02. The van der Waals surface area contributed by atoms with Crippen molar-refractivity contribution in [3.05, 3.63) is 41.2 Å². The number of aryl methyl sites for hydroxylation is 2. The number of hydrogen-bond acceptors (Lipinski definition) is 3. The van der Waals surface area contributed by atoms with E-state index in [1.54, 1.807) is 0 Å². The largest absolute Gasteiger partial charge is 0.453 e. The minimum absolute atomic E-state index is 0.668. The third-order valence-electron chi connectivity index (χ3n) is 3.02. The molecule has 2 N–H and O–H groups in total. The normalized spacial score (nSPS) is 10.7. The van der Waals surface area contributed by atoms with Gasteiger partial charge in [0.15, 0.2) is 5.75 Å². The zero-order valence-corrected chi connectivity index (χ0v) is 11.1. The van der Waals surface area contributed by atoms with E-state index in [-0.39, 0.29) is 0 Å². The topological polar surface area (TPSA) is 53.1 Å². The summed E-state index contributed by atoms with van der Waals surface area (Å²) in [6.07, 6.45) is 0.894. The van der Waals surface area contributed by atoms with Gasteiger partial charge < -0.3 is 10.5 Å². The number of benzene rings is 1. The van der Waals surface area contributed by atoms with Gasteiger partial charge >= 0.3 is 0 Å². The molecule has 0 saturated carbocycles. The summed E-state index contributed by atoms with van der Waals surface area (Å²) >= 11 is 0. The highest BCUT2D eigenvalue weighted by molar-refractivity contribution is 5.38. The second-order valence-electron chi connectivity index (χ2n) is 4.41. The Morgan fingerprint density at radius 3 is 2.39 bits per heavy atom. The highest BCUT2D eigenvalue weighted by Crippen LogP contribution is 2.27. The maximum Gasteiger partial charge on any atom is 0.171 e. The Morgan fingerprint density at radius 1 is 1.22 bits per heavy atom. The first-order chi connectivity index (χ1) is 8.61. The molecule has 0 aliphatic carbocycles. The molecule has 18 heavy (non-hydrogen) atoms. The van der Waals surface area contributed by atoms with E-state index in [0.717, 1.165) is 29.3 Å². The monoisotopic (exact) mass is 245 g/mol. The molecule has 0 aliphatic heterocycles. The summed E-state index contributed by atoms with van der Waals surface area (Å²) < 4.78 is 7.71. The average molecular weight is 245 g/mol. The number of aromatic nitrogens is 2. The van der Waals surface area contributed by atoms with Crippen LogP contribution >= 0.6 is 0 Å². The Kier molecular flexibility index (Phi) is 3.67. The SMILES string of the molecule is Cc1nn(C)c(C)c1Oc1ccc(CCN)cc1. The summed E-state index contributed by atoms with van der Waals surface area (Å²) in [5.74, 6) is 1.67. The van der Waals surface area contributed by atoms with Crippen LogP contribution in [0.4, 0.5) is 0 Å². The highest BCUT2D eigenvalue weighted by atomic mass is 16.5. The van der Waals surface area contributed by atoms with Gasteiger partial charge in [-0.1, -0.05) is 12.1 Å². The Balaban J connectivity index is 2.18. The molecule has 2 aromatic rings. The Bertz CT molecular complexity index is 529. The summed E-state index contributed by atoms with van der Waals surface area (Å²) in [6, 6.07) is 8.03. The maximum absolute atomic E-state index is 5.88. The van der Waals surface area contributed by atoms with Crippen LogP contribution in [0.2, 0.25) is 0 Å². The Hall–Kier alpha value is -1.81. The number of ether oxygens (including phenoxy) is 1. The average Bonchev–Trinajstić information content (AvgIpc) is 2.59. The van der Waals surface area contributed by atoms with Crippen molar-refractivity contribution in [2.75, 3.05) is 6.54 Å². The van der Waals surface area contributed by atoms with Gasteiger partial charge in [0.2, 0.25) is 0 Å². The predicted molar refractivity (Wildman–Crippen MR) is 72.0 cm³/mol. The van der Waals surface area contributed by atoms with Crippen molar-refractivity contribution >= 4 is 0 Å². The zero-order valence-electron chi connectivity index (χ0n) is 11.1. The maximum atomic E-state index is 5.88. The highest BCUT2D eigenvalue weighted by Gasteiger charge is 2.11.